The average Bonchev–Trinajstić information content (AvgIpc) is 3.11. The lowest BCUT2D eigenvalue weighted by atomic mass is 9.84. The van der Waals surface area contributed by atoms with E-state index in [1.165, 1.54) is 24.0 Å². The molecule has 1 heterocycles. The molecule has 2 aromatic carbocycles. The van der Waals surface area contributed by atoms with E-state index in [1.54, 1.807) is 0 Å². The molecular formula is C23H29NO2. The third-order valence-corrected chi connectivity index (χ3v) is 5.60. The lowest BCUT2D eigenvalue weighted by Gasteiger charge is -2.38. The van der Waals surface area contributed by atoms with Gasteiger partial charge >= 0.3 is 0 Å². The first-order chi connectivity index (χ1) is 12.8. The Kier molecular flexibility index (Phi) is 5.68. The standard InChI is InChI=1S/C23H29NO2/c1-3-8-20(9-4-1)17-24(18-21-10-5-2-6-11-21)19-22-12-7-13-23(16-22)25-14-15-26-23/h1-6,8-11,22H,7,12-19H2. The maximum absolute atomic E-state index is 5.99. The predicted octanol–water partition coefficient (Wildman–Crippen LogP) is 4.62. The van der Waals surface area contributed by atoms with E-state index in [0.717, 1.165) is 45.7 Å². The van der Waals surface area contributed by atoms with Crippen molar-refractivity contribution >= 4 is 0 Å². The van der Waals surface area contributed by atoms with Crippen LogP contribution in [0.15, 0.2) is 60.7 Å². The lowest BCUT2D eigenvalue weighted by Crippen LogP contribution is -2.40. The summed E-state index contributed by atoms with van der Waals surface area (Å²) in [5, 5.41) is 0. The van der Waals surface area contributed by atoms with E-state index in [2.05, 4.69) is 65.6 Å². The lowest BCUT2D eigenvalue weighted by molar-refractivity contribution is -0.188. The molecule has 2 aliphatic rings. The number of benzene rings is 2. The second kappa shape index (κ2) is 8.34. The van der Waals surface area contributed by atoms with Crippen LogP contribution in [0.2, 0.25) is 0 Å². The van der Waals surface area contributed by atoms with Gasteiger partial charge in [-0.25, -0.2) is 0 Å². The molecule has 2 aromatic rings. The quantitative estimate of drug-likeness (QED) is 0.758. The first-order valence-corrected chi connectivity index (χ1v) is 9.89. The van der Waals surface area contributed by atoms with Crippen molar-refractivity contribution in [1.29, 1.82) is 0 Å². The van der Waals surface area contributed by atoms with Crippen LogP contribution in [0, 0.1) is 5.92 Å². The van der Waals surface area contributed by atoms with Crippen molar-refractivity contribution in [2.24, 2.45) is 5.92 Å². The highest BCUT2D eigenvalue weighted by Gasteiger charge is 2.41. The first-order valence-electron chi connectivity index (χ1n) is 9.89. The highest BCUT2D eigenvalue weighted by molar-refractivity contribution is 5.17. The minimum absolute atomic E-state index is 0.284. The molecular weight excluding hydrogens is 322 g/mol. The van der Waals surface area contributed by atoms with Crippen LogP contribution in [0.1, 0.15) is 36.8 Å². The minimum atomic E-state index is -0.284. The van der Waals surface area contributed by atoms with Gasteiger partial charge in [-0.2, -0.15) is 0 Å². The van der Waals surface area contributed by atoms with Crippen LogP contribution in [0.5, 0.6) is 0 Å². The molecule has 0 radical (unpaired) electrons. The smallest absolute Gasteiger partial charge is 0.168 e. The molecule has 1 saturated carbocycles. The minimum Gasteiger partial charge on any atom is -0.348 e. The van der Waals surface area contributed by atoms with Crippen LogP contribution in [0.3, 0.4) is 0 Å². The monoisotopic (exact) mass is 351 g/mol. The van der Waals surface area contributed by atoms with Crippen molar-refractivity contribution in [2.75, 3.05) is 19.8 Å². The van der Waals surface area contributed by atoms with Gasteiger partial charge < -0.3 is 9.47 Å². The molecule has 1 saturated heterocycles. The summed E-state index contributed by atoms with van der Waals surface area (Å²) in [5.74, 6) is 0.350. The van der Waals surface area contributed by atoms with Gasteiger partial charge in [0.15, 0.2) is 5.79 Å². The Morgan fingerprint density at radius 2 is 1.42 bits per heavy atom. The van der Waals surface area contributed by atoms with E-state index in [9.17, 15) is 0 Å². The molecule has 2 fully saturated rings. The van der Waals surface area contributed by atoms with Crippen LogP contribution in [0.4, 0.5) is 0 Å². The van der Waals surface area contributed by atoms with Crippen LogP contribution in [-0.2, 0) is 22.6 Å². The fourth-order valence-corrected chi connectivity index (χ4v) is 4.45. The molecule has 4 rings (SSSR count). The average molecular weight is 351 g/mol. The zero-order chi connectivity index (χ0) is 17.7. The molecule has 0 N–H and O–H groups in total. The molecule has 1 spiro atoms. The SMILES string of the molecule is c1ccc(CN(Cc2ccccc2)CC2CCCC3(C2)OCCO3)cc1. The Labute approximate surface area is 156 Å². The summed E-state index contributed by atoms with van der Waals surface area (Å²) in [5.41, 5.74) is 2.75. The van der Waals surface area contributed by atoms with Crippen molar-refractivity contribution in [3.63, 3.8) is 0 Å². The molecule has 0 aromatic heterocycles. The topological polar surface area (TPSA) is 21.7 Å². The summed E-state index contributed by atoms with van der Waals surface area (Å²) < 4.78 is 12.0. The van der Waals surface area contributed by atoms with Gasteiger partial charge in [0, 0.05) is 32.5 Å². The third kappa shape index (κ3) is 4.53. The van der Waals surface area contributed by atoms with Gasteiger partial charge in [-0.1, -0.05) is 60.7 Å². The van der Waals surface area contributed by atoms with E-state index in [4.69, 9.17) is 9.47 Å². The van der Waals surface area contributed by atoms with Gasteiger partial charge in [0.25, 0.3) is 0 Å². The van der Waals surface area contributed by atoms with Crippen molar-refractivity contribution in [3.05, 3.63) is 71.8 Å². The predicted molar refractivity (Wildman–Crippen MR) is 104 cm³/mol. The molecule has 3 nitrogen and oxygen atoms in total. The van der Waals surface area contributed by atoms with Crippen LogP contribution in [0.25, 0.3) is 0 Å². The molecule has 1 unspecified atom stereocenters. The van der Waals surface area contributed by atoms with Gasteiger partial charge in [-0.05, 0) is 29.9 Å². The first kappa shape index (κ1) is 17.7. The van der Waals surface area contributed by atoms with Crippen LogP contribution >= 0.6 is 0 Å². The molecule has 0 amide bonds. The summed E-state index contributed by atoms with van der Waals surface area (Å²) >= 11 is 0. The van der Waals surface area contributed by atoms with E-state index in [-0.39, 0.29) is 5.79 Å². The molecule has 1 aliphatic heterocycles. The fourth-order valence-electron chi connectivity index (χ4n) is 4.45. The van der Waals surface area contributed by atoms with E-state index >= 15 is 0 Å². The third-order valence-electron chi connectivity index (χ3n) is 5.60. The second-order valence-electron chi connectivity index (χ2n) is 7.71. The van der Waals surface area contributed by atoms with Gasteiger partial charge in [-0.15, -0.1) is 0 Å². The van der Waals surface area contributed by atoms with Gasteiger partial charge in [0.05, 0.1) is 13.2 Å². The van der Waals surface area contributed by atoms with Gasteiger partial charge in [0.2, 0.25) is 0 Å². The van der Waals surface area contributed by atoms with E-state index in [0.29, 0.717) is 5.92 Å². The summed E-state index contributed by atoms with van der Waals surface area (Å²) in [4.78, 5) is 2.59. The number of hydrogen-bond acceptors (Lipinski definition) is 3. The Morgan fingerprint density at radius 1 is 0.846 bits per heavy atom. The number of nitrogens with zero attached hydrogens (tertiary/aromatic N) is 1. The van der Waals surface area contributed by atoms with Gasteiger partial charge in [0.1, 0.15) is 0 Å². The zero-order valence-electron chi connectivity index (χ0n) is 15.5. The summed E-state index contributed by atoms with van der Waals surface area (Å²) in [7, 11) is 0. The van der Waals surface area contributed by atoms with Crippen LogP contribution in [-0.4, -0.2) is 30.4 Å². The maximum Gasteiger partial charge on any atom is 0.168 e. The molecule has 1 aliphatic carbocycles. The van der Waals surface area contributed by atoms with Crippen molar-refractivity contribution in [1.82, 2.24) is 4.90 Å². The van der Waals surface area contributed by atoms with E-state index < -0.39 is 0 Å². The van der Waals surface area contributed by atoms with Crippen LogP contribution < -0.4 is 0 Å². The van der Waals surface area contributed by atoms with E-state index in [1.807, 2.05) is 0 Å². The largest absolute Gasteiger partial charge is 0.348 e. The normalized spacial score (nSPS) is 22.1. The second-order valence-corrected chi connectivity index (χ2v) is 7.71. The van der Waals surface area contributed by atoms with Crippen molar-refractivity contribution in [3.8, 4) is 0 Å². The fraction of sp³-hybridized carbons (Fsp3) is 0.478. The van der Waals surface area contributed by atoms with Gasteiger partial charge in [-0.3, -0.25) is 4.90 Å². The molecule has 138 valence electrons. The summed E-state index contributed by atoms with van der Waals surface area (Å²) in [6.45, 7) is 4.58. The highest BCUT2D eigenvalue weighted by Crippen LogP contribution is 2.39. The molecule has 1 atom stereocenters. The Bertz CT molecular complexity index is 626. The highest BCUT2D eigenvalue weighted by atomic mass is 16.7. The molecule has 0 bridgehead atoms. The Hall–Kier alpha value is -1.68. The zero-order valence-corrected chi connectivity index (χ0v) is 15.5. The maximum atomic E-state index is 5.99. The number of rotatable bonds is 6. The number of ether oxygens (including phenoxy) is 2. The summed E-state index contributed by atoms with van der Waals surface area (Å²) in [6.07, 6.45) is 4.57. The van der Waals surface area contributed by atoms with Crippen molar-refractivity contribution < 1.29 is 9.47 Å². The molecule has 3 heteroatoms. The number of hydrogen-bond donors (Lipinski definition) is 0. The Balaban J connectivity index is 1.45. The Morgan fingerprint density at radius 3 is 2.00 bits per heavy atom. The summed E-state index contributed by atoms with van der Waals surface area (Å²) in [6, 6.07) is 21.6. The molecule has 26 heavy (non-hydrogen) atoms. The van der Waals surface area contributed by atoms with Crippen molar-refractivity contribution in [2.45, 2.75) is 44.6 Å².